The zero-order chi connectivity index (χ0) is 15.1. The van der Waals surface area contributed by atoms with E-state index in [1.165, 1.54) is 43.4 Å². The van der Waals surface area contributed by atoms with Crippen LogP contribution in [0.4, 0.5) is 5.69 Å². The van der Waals surface area contributed by atoms with Gasteiger partial charge in [-0.15, -0.1) is 0 Å². The van der Waals surface area contributed by atoms with Crippen LogP contribution >= 0.6 is 0 Å². The Morgan fingerprint density at radius 2 is 1.81 bits per heavy atom. The molecular formula is C18H30N2O. The van der Waals surface area contributed by atoms with Gasteiger partial charge in [0.05, 0.1) is 12.7 Å². The van der Waals surface area contributed by atoms with Gasteiger partial charge in [0.25, 0.3) is 0 Å². The van der Waals surface area contributed by atoms with Gasteiger partial charge in [-0.2, -0.15) is 0 Å². The van der Waals surface area contributed by atoms with Crippen LogP contribution in [0.3, 0.4) is 0 Å². The van der Waals surface area contributed by atoms with Crippen LogP contribution in [0.15, 0.2) is 24.3 Å². The highest BCUT2D eigenvalue weighted by atomic mass is 16.5. The summed E-state index contributed by atoms with van der Waals surface area (Å²) in [6, 6.07) is 9.12. The lowest BCUT2D eigenvalue weighted by molar-refractivity contribution is 0.0295. The van der Waals surface area contributed by atoms with Gasteiger partial charge < -0.3 is 15.0 Å². The first-order valence-electron chi connectivity index (χ1n) is 8.29. The number of nitrogens with one attached hydrogen (secondary N) is 1. The fourth-order valence-corrected chi connectivity index (χ4v) is 2.91. The molecule has 3 heteroatoms. The van der Waals surface area contributed by atoms with E-state index in [2.05, 4.69) is 55.5 Å². The molecule has 0 amide bonds. The summed E-state index contributed by atoms with van der Waals surface area (Å²) in [4.78, 5) is 2.12. The minimum Gasteiger partial charge on any atom is -0.378 e. The first-order valence-corrected chi connectivity index (χ1v) is 8.29. The molecule has 1 saturated carbocycles. The largest absolute Gasteiger partial charge is 0.378 e. The number of benzene rings is 1. The van der Waals surface area contributed by atoms with Gasteiger partial charge in [0.15, 0.2) is 0 Å². The van der Waals surface area contributed by atoms with Gasteiger partial charge >= 0.3 is 0 Å². The van der Waals surface area contributed by atoms with Crippen LogP contribution in [-0.4, -0.2) is 33.4 Å². The molecule has 0 aliphatic heterocycles. The van der Waals surface area contributed by atoms with Crippen LogP contribution in [-0.2, 0) is 4.74 Å². The smallest absolute Gasteiger partial charge is 0.0594 e. The van der Waals surface area contributed by atoms with E-state index in [0.717, 1.165) is 13.2 Å². The Balaban J connectivity index is 1.67. The van der Waals surface area contributed by atoms with E-state index >= 15 is 0 Å². The lowest BCUT2D eigenvalue weighted by Crippen LogP contribution is -2.26. The summed E-state index contributed by atoms with van der Waals surface area (Å²) in [7, 11) is 4.14. The third kappa shape index (κ3) is 5.33. The summed E-state index contributed by atoms with van der Waals surface area (Å²) in [5, 5.41) is 3.55. The van der Waals surface area contributed by atoms with E-state index in [1.807, 2.05) is 0 Å². The second-order valence-electron chi connectivity index (χ2n) is 6.29. The van der Waals surface area contributed by atoms with E-state index in [9.17, 15) is 0 Å². The molecule has 1 atom stereocenters. The minimum atomic E-state index is 0.371. The van der Waals surface area contributed by atoms with E-state index in [0.29, 0.717) is 12.1 Å². The summed E-state index contributed by atoms with van der Waals surface area (Å²) in [6.45, 7) is 3.96. The van der Waals surface area contributed by atoms with E-state index in [-0.39, 0.29) is 0 Å². The van der Waals surface area contributed by atoms with E-state index < -0.39 is 0 Å². The van der Waals surface area contributed by atoms with Crippen molar-refractivity contribution in [3.63, 3.8) is 0 Å². The van der Waals surface area contributed by atoms with Gasteiger partial charge in [0.1, 0.15) is 0 Å². The van der Waals surface area contributed by atoms with Crippen LogP contribution < -0.4 is 10.2 Å². The molecule has 1 unspecified atom stereocenters. The molecule has 2 rings (SSSR count). The van der Waals surface area contributed by atoms with Crippen molar-refractivity contribution >= 4 is 5.69 Å². The average Bonchev–Trinajstić information content (AvgIpc) is 2.52. The molecule has 1 N–H and O–H groups in total. The van der Waals surface area contributed by atoms with Crippen molar-refractivity contribution in [2.75, 3.05) is 32.1 Å². The van der Waals surface area contributed by atoms with Gasteiger partial charge in [0.2, 0.25) is 0 Å². The molecule has 0 aromatic heterocycles. The Hall–Kier alpha value is -1.06. The van der Waals surface area contributed by atoms with Gasteiger partial charge in [-0.05, 0) is 37.5 Å². The number of anilines is 1. The van der Waals surface area contributed by atoms with Gasteiger partial charge in [-0.3, -0.25) is 0 Å². The second-order valence-corrected chi connectivity index (χ2v) is 6.29. The Bertz CT molecular complexity index is 396. The van der Waals surface area contributed by atoms with E-state index in [1.54, 1.807) is 0 Å². The first-order chi connectivity index (χ1) is 10.2. The maximum atomic E-state index is 5.95. The lowest BCUT2D eigenvalue weighted by atomic mass is 9.98. The number of hydrogen-bond donors (Lipinski definition) is 1. The van der Waals surface area contributed by atoms with Crippen LogP contribution in [0.2, 0.25) is 0 Å². The van der Waals surface area contributed by atoms with Crippen LogP contribution in [0, 0.1) is 0 Å². The summed E-state index contributed by atoms with van der Waals surface area (Å²) in [6.07, 6.45) is 7.08. The van der Waals surface area contributed by atoms with Crippen molar-refractivity contribution in [2.45, 2.75) is 51.2 Å². The minimum absolute atomic E-state index is 0.371. The third-order valence-corrected chi connectivity index (χ3v) is 4.37. The Morgan fingerprint density at radius 1 is 1.14 bits per heavy atom. The van der Waals surface area contributed by atoms with E-state index in [4.69, 9.17) is 4.74 Å². The summed E-state index contributed by atoms with van der Waals surface area (Å²) < 4.78 is 5.95. The SMILES string of the molecule is CC(NCCOC1CCCCC1)c1ccc(N(C)C)cc1. The Kier molecular flexibility index (Phi) is 6.52. The van der Waals surface area contributed by atoms with Gasteiger partial charge in [-0.25, -0.2) is 0 Å². The lowest BCUT2D eigenvalue weighted by Gasteiger charge is -2.23. The molecule has 1 aromatic carbocycles. The fourth-order valence-electron chi connectivity index (χ4n) is 2.91. The van der Waals surface area contributed by atoms with Crippen LogP contribution in [0.25, 0.3) is 0 Å². The topological polar surface area (TPSA) is 24.5 Å². The summed E-state index contributed by atoms with van der Waals surface area (Å²) in [5.74, 6) is 0. The predicted octanol–water partition coefficient (Wildman–Crippen LogP) is 3.75. The molecule has 21 heavy (non-hydrogen) atoms. The molecule has 118 valence electrons. The highest BCUT2D eigenvalue weighted by Crippen LogP contribution is 2.20. The second kappa shape index (κ2) is 8.40. The number of ether oxygens (including phenoxy) is 1. The van der Waals surface area contributed by atoms with Crippen molar-refractivity contribution in [3.05, 3.63) is 29.8 Å². The molecule has 0 radical (unpaired) electrons. The number of rotatable bonds is 7. The molecule has 0 heterocycles. The number of hydrogen-bond acceptors (Lipinski definition) is 3. The zero-order valence-electron chi connectivity index (χ0n) is 13.8. The summed E-state index contributed by atoms with van der Waals surface area (Å²) in [5.41, 5.74) is 2.57. The molecule has 1 aliphatic rings. The molecule has 0 saturated heterocycles. The van der Waals surface area contributed by atoms with Crippen LogP contribution in [0.1, 0.15) is 50.6 Å². The van der Waals surface area contributed by atoms with Crippen LogP contribution in [0.5, 0.6) is 0 Å². The molecule has 1 aliphatic carbocycles. The monoisotopic (exact) mass is 290 g/mol. The standard InChI is InChI=1S/C18H30N2O/c1-15(16-9-11-17(12-10-16)20(2)3)19-13-14-21-18-7-5-4-6-8-18/h9-12,15,18-19H,4-8,13-14H2,1-3H3. The maximum Gasteiger partial charge on any atom is 0.0594 e. The summed E-state index contributed by atoms with van der Waals surface area (Å²) >= 11 is 0. The normalized spacial score (nSPS) is 17.7. The van der Waals surface area contributed by atoms with Gasteiger partial charge in [0, 0.05) is 32.4 Å². The van der Waals surface area contributed by atoms with Crippen molar-refractivity contribution in [3.8, 4) is 0 Å². The molecule has 1 aromatic rings. The molecule has 1 fully saturated rings. The molecular weight excluding hydrogens is 260 g/mol. The highest BCUT2D eigenvalue weighted by Gasteiger charge is 2.13. The molecule has 0 bridgehead atoms. The number of nitrogens with zero attached hydrogens (tertiary/aromatic N) is 1. The Morgan fingerprint density at radius 3 is 2.43 bits per heavy atom. The fraction of sp³-hybridized carbons (Fsp3) is 0.667. The maximum absolute atomic E-state index is 5.95. The molecule has 3 nitrogen and oxygen atoms in total. The molecule has 0 spiro atoms. The van der Waals surface area contributed by atoms with Gasteiger partial charge in [-0.1, -0.05) is 31.4 Å². The predicted molar refractivity (Wildman–Crippen MR) is 90.0 cm³/mol. The first kappa shape index (κ1) is 16.3. The van der Waals surface area contributed by atoms with Crippen molar-refractivity contribution < 1.29 is 4.74 Å². The average molecular weight is 290 g/mol. The van der Waals surface area contributed by atoms with Crippen molar-refractivity contribution in [1.29, 1.82) is 0 Å². The Labute approximate surface area is 129 Å². The van der Waals surface area contributed by atoms with Crippen molar-refractivity contribution in [2.24, 2.45) is 0 Å². The van der Waals surface area contributed by atoms with Crippen molar-refractivity contribution in [1.82, 2.24) is 5.32 Å². The third-order valence-electron chi connectivity index (χ3n) is 4.37. The quantitative estimate of drug-likeness (QED) is 0.774. The highest BCUT2D eigenvalue weighted by molar-refractivity contribution is 5.46. The zero-order valence-corrected chi connectivity index (χ0v) is 13.8.